The first kappa shape index (κ1) is 10.6. The maximum atomic E-state index is 11.6. The van der Waals surface area contributed by atoms with Crippen molar-refractivity contribution in [2.75, 3.05) is 5.32 Å². The van der Waals surface area contributed by atoms with Crippen molar-refractivity contribution in [2.24, 2.45) is 0 Å². The van der Waals surface area contributed by atoms with Gasteiger partial charge in [-0.3, -0.25) is 9.78 Å². The summed E-state index contributed by atoms with van der Waals surface area (Å²) < 4.78 is 0. The number of H-pyrrole nitrogens is 2. The van der Waals surface area contributed by atoms with Crippen LogP contribution in [0.5, 0.6) is 0 Å². The molecule has 7 nitrogen and oxygen atoms in total. The minimum absolute atomic E-state index is 0.0978. The molecule has 1 aromatic carbocycles. The van der Waals surface area contributed by atoms with Gasteiger partial charge in [0.05, 0.1) is 11.6 Å². The fourth-order valence-electron chi connectivity index (χ4n) is 1.20. The Labute approximate surface area is 95.1 Å². The number of carbonyl (C=O) groups excluding carboxylic acids is 1. The molecule has 1 amide bonds. The summed E-state index contributed by atoms with van der Waals surface area (Å²) in [5.74, 6) is -0.632. The van der Waals surface area contributed by atoms with Gasteiger partial charge in [0.25, 0.3) is 5.91 Å². The van der Waals surface area contributed by atoms with Crippen molar-refractivity contribution >= 4 is 11.6 Å². The zero-order valence-corrected chi connectivity index (χ0v) is 8.52. The van der Waals surface area contributed by atoms with Crippen LogP contribution < -0.4 is 11.0 Å². The first-order valence-corrected chi connectivity index (χ1v) is 4.65. The van der Waals surface area contributed by atoms with E-state index in [1.807, 2.05) is 6.07 Å². The van der Waals surface area contributed by atoms with E-state index in [9.17, 15) is 9.59 Å². The third-order valence-electron chi connectivity index (χ3n) is 1.99. The Balaban J connectivity index is 2.13. The summed E-state index contributed by atoms with van der Waals surface area (Å²) in [4.78, 5) is 24.5. The summed E-state index contributed by atoms with van der Waals surface area (Å²) in [5.41, 5.74) is 0.462. The standard InChI is InChI=1S/C10H7N5O2/c11-5-6-1-3-7(4-2-6)12-9(16)8-13-10(17)15-14-8/h1-4H,(H,12,16)(H2,13,14,15,17). The molecule has 84 valence electrons. The second-order valence-electron chi connectivity index (χ2n) is 3.17. The molecule has 0 atom stereocenters. The quantitative estimate of drug-likeness (QED) is 0.683. The summed E-state index contributed by atoms with van der Waals surface area (Å²) in [5, 5.41) is 16.7. The van der Waals surface area contributed by atoms with Crippen LogP contribution in [0.4, 0.5) is 5.69 Å². The van der Waals surface area contributed by atoms with Crippen LogP contribution in [0.3, 0.4) is 0 Å². The van der Waals surface area contributed by atoms with E-state index in [-0.39, 0.29) is 5.82 Å². The van der Waals surface area contributed by atoms with Crippen molar-refractivity contribution in [2.45, 2.75) is 0 Å². The minimum atomic E-state index is -0.546. The van der Waals surface area contributed by atoms with Crippen molar-refractivity contribution in [1.82, 2.24) is 15.2 Å². The topological polar surface area (TPSA) is 114 Å². The van der Waals surface area contributed by atoms with E-state index >= 15 is 0 Å². The average Bonchev–Trinajstić information content (AvgIpc) is 2.77. The lowest BCUT2D eigenvalue weighted by atomic mass is 10.2. The van der Waals surface area contributed by atoms with Crippen LogP contribution in [0.2, 0.25) is 0 Å². The third kappa shape index (κ3) is 2.38. The van der Waals surface area contributed by atoms with Crippen molar-refractivity contribution in [3.8, 4) is 6.07 Å². The molecule has 0 aliphatic carbocycles. The third-order valence-corrected chi connectivity index (χ3v) is 1.99. The van der Waals surface area contributed by atoms with Crippen molar-refractivity contribution in [3.63, 3.8) is 0 Å². The highest BCUT2D eigenvalue weighted by molar-refractivity contribution is 6.01. The second-order valence-corrected chi connectivity index (χ2v) is 3.17. The number of nitrogens with one attached hydrogen (secondary N) is 3. The second kappa shape index (κ2) is 4.32. The first-order valence-electron chi connectivity index (χ1n) is 4.65. The maximum Gasteiger partial charge on any atom is 0.341 e. The van der Waals surface area contributed by atoms with Gasteiger partial charge < -0.3 is 5.32 Å². The van der Waals surface area contributed by atoms with Crippen LogP contribution in [0.1, 0.15) is 16.2 Å². The van der Waals surface area contributed by atoms with E-state index in [0.717, 1.165) is 0 Å². The number of benzene rings is 1. The molecule has 0 spiro atoms. The number of rotatable bonds is 2. The molecule has 2 rings (SSSR count). The lowest BCUT2D eigenvalue weighted by Crippen LogP contribution is -2.14. The predicted molar refractivity (Wildman–Crippen MR) is 58.3 cm³/mol. The number of hydrogen-bond acceptors (Lipinski definition) is 4. The van der Waals surface area contributed by atoms with Gasteiger partial charge >= 0.3 is 5.69 Å². The zero-order valence-electron chi connectivity index (χ0n) is 8.52. The van der Waals surface area contributed by atoms with Gasteiger partial charge in [-0.1, -0.05) is 0 Å². The zero-order chi connectivity index (χ0) is 12.3. The number of amides is 1. The molecule has 1 aromatic heterocycles. The van der Waals surface area contributed by atoms with Crippen molar-refractivity contribution in [3.05, 3.63) is 46.1 Å². The molecule has 0 radical (unpaired) electrons. The molecule has 7 heteroatoms. The molecule has 17 heavy (non-hydrogen) atoms. The Hall–Kier alpha value is -2.88. The van der Waals surface area contributed by atoms with Gasteiger partial charge in [0.2, 0.25) is 5.82 Å². The van der Waals surface area contributed by atoms with Gasteiger partial charge in [-0.25, -0.2) is 9.89 Å². The largest absolute Gasteiger partial charge is 0.341 e. The first-order chi connectivity index (χ1) is 8.19. The van der Waals surface area contributed by atoms with Gasteiger partial charge in [0.1, 0.15) is 0 Å². The van der Waals surface area contributed by atoms with Gasteiger partial charge in [-0.15, -0.1) is 5.10 Å². The lowest BCUT2D eigenvalue weighted by molar-refractivity contribution is 0.101. The molecule has 0 aliphatic rings. The van der Waals surface area contributed by atoms with E-state index in [4.69, 9.17) is 5.26 Å². The molecule has 2 aromatic rings. The Kier molecular flexibility index (Phi) is 2.70. The number of nitrogens with zero attached hydrogens (tertiary/aromatic N) is 2. The molecule has 0 saturated carbocycles. The van der Waals surface area contributed by atoms with E-state index in [2.05, 4.69) is 20.5 Å². The number of nitriles is 1. The van der Waals surface area contributed by atoms with Crippen LogP contribution >= 0.6 is 0 Å². The number of hydrogen-bond donors (Lipinski definition) is 3. The fraction of sp³-hybridized carbons (Fsp3) is 0. The average molecular weight is 229 g/mol. The summed E-state index contributed by atoms with van der Waals surface area (Å²) in [6, 6.07) is 8.28. The maximum absolute atomic E-state index is 11.6. The summed E-state index contributed by atoms with van der Waals surface area (Å²) in [7, 11) is 0. The van der Waals surface area contributed by atoms with Crippen LogP contribution in [0.15, 0.2) is 29.1 Å². The Morgan fingerprint density at radius 2 is 2.06 bits per heavy atom. The molecule has 0 fully saturated rings. The molecule has 0 saturated heterocycles. The monoisotopic (exact) mass is 229 g/mol. The van der Waals surface area contributed by atoms with Gasteiger partial charge in [-0.05, 0) is 24.3 Å². The molecule has 0 bridgehead atoms. The van der Waals surface area contributed by atoms with Crippen LogP contribution in [-0.2, 0) is 0 Å². The minimum Gasteiger partial charge on any atom is -0.319 e. The SMILES string of the molecule is N#Cc1ccc(NC(=O)c2n[nH]c(=O)[nH]2)cc1. The Morgan fingerprint density at radius 1 is 1.35 bits per heavy atom. The summed E-state index contributed by atoms with van der Waals surface area (Å²) >= 11 is 0. The van der Waals surface area contributed by atoms with Crippen LogP contribution in [0, 0.1) is 11.3 Å². The fourth-order valence-corrected chi connectivity index (χ4v) is 1.20. The number of carbonyl (C=O) groups is 1. The molecule has 0 unspecified atom stereocenters. The lowest BCUT2D eigenvalue weighted by Gasteiger charge is -2.01. The molecule has 0 aliphatic heterocycles. The summed E-state index contributed by atoms with van der Waals surface area (Å²) in [6.07, 6.45) is 0. The highest BCUT2D eigenvalue weighted by atomic mass is 16.2. The molecular formula is C10H7N5O2. The van der Waals surface area contributed by atoms with E-state index < -0.39 is 11.6 Å². The van der Waals surface area contributed by atoms with Gasteiger partial charge in [0, 0.05) is 5.69 Å². The molecule has 3 N–H and O–H groups in total. The Morgan fingerprint density at radius 3 is 2.59 bits per heavy atom. The van der Waals surface area contributed by atoms with Gasteiger partial charge in [-0.2, -0.15) is 5.26 Å². The molecular weight excluding hydrogens is 222 g/mol. The van der Waals surface area contributed by atoms with Crippen LogP contribution in [-0.4, -0.2) is 21.1 Å². The number of aromatic nitrogens is 3. The van der Waals surface area contributed by atoms with Gasteiger partial charge in [0.15, 0.2) is 0 Å². The predicted octanol–water partition coefficient (Wildman–Crippen LogP) is 0.222. The highest BCUT2D eigenvalue weighted by Crippen LogP contribution is 2.09. The van der Waals surface area contributed by atoms with Crippen LogP contribution in [0.25, 0.3) is 0 Å². The normalized spacial score (nSPS) is 9.59. The van der Waals surface area contributed by atoms with E-state index in [1.165, 1.54) is 0 Å². The smallest absolute Gasteiger partial charge is 0.319 e. The van der Waals surface area contributed by atoms with E-state index in [0.29, 0.717) is 11.3 Å². The number of anilines is 1. The van der Waals surface area contributed by atoms with E-state index in [1.54, 1.807) is 24.3 Å². The highest BCUT2D eigenvalue weighted by Gasteiger charge is 2.09. The van der Waals surface area contributed by atoms with Crippen molar-refractivity contribution in [1.29, 1.82) is 5.26 Å². The Bertz CT molecular complexity index is 632. The van der Waals surface area contributed by atoms with Crippen molar-refractivity contribution < 1.29 is 4.79 Å². The summed E-state index contributed by atoms with van der Waals surface area (Å²) in [6.45, 7) is 0. The number of aromatic amines is 2. The molecule has 1 heterocycles.